The molecule has 0 bridgehead atoms. The minimum absolute atomic E-state index is 0.0589. The summed E-state index contributed by atoms with van der Waals surface area (Å²) >= 11 is 0. The summed E-state index contributed by atoms with van der Waals surface area (Å²) in [6.45, 7) is 7.08. The number of piperazine rings is 1. The Morgan fingerprint density at radius 3 is 2.18 bits per heavy atom. The molecule has 15 heteroatoms. The van der Waals surface area contributed by atoms with E-state index in [4.69, 9.17) is 9.47 Å². The van der Waals surface area contributed by atoms with Gasteiger partial charge >= 0.3 is 18.1 Å². The summed E-state index contributed by atoms with van der Waals surface area (Å²) in [6.07, 6.45) is -0.260. The number of carbonyl (C=O) groups excluding carboxylic acids is 4. The number of amides is 4. The quantitative estimate of drug-likeness (QED) is 0.251. The first-order chi connectivity index (χ1) is 24.4. The van der Waals surface area contributed by atoms with Gasteiger partial charge in [-0.2, -0.15) is 4.31 Å². The molecule has 3 aromatic rings. The largest absolute Gasteiger partial charge is 0.461 e. The molecule has 14 nitrogen and oxygen atoms in total. The fraction of sp³-hybridized carbons (Fsp3) is 0.389. The van der Waals surface area contributed by atoms with E-state index in [1.54, 1.807) is 60.2 Å². The first-order valence-corrected chi connectivity index (χ1v) is 18.4. The van der Waals surface area contributed by atoms with E-state index < -0.39 is 46.2 Å². The van der Waals surface area contributed by atoms with Gasteiger partial charge in [-0.1, -0.05) is 48.0 Å². The molecular weight excluding hydrogens is 676 g/mol. The lowest BCUT2D eigenvalue weighted by Crippen LogP contribution is -2.55. The van der Waals surface area contributed by atoms with Crippen molar-refractivity contribution in [2.24, 2.45) is 0 Å². The number of hydrogen-bond donors (Lipinski definition) is 3. The van der Waals surface area contributed by atoms with E-state index in [1.165, 1.54) is 16.4 Å². The number of rotatable bonds is 11. The first kappa shape index (κ1) is 37.3. The van der Waals surface area contributed by atoms with Crippen molar-refractivity contribution in [1.82, 2.24) is 25.0 Å². The van der Waals surface area contributed by atoms with Gasteiger partial charge in [0.15, 0.2) is 0 Å². The Kier molecular flexibility index (Phi) is 12.3. The molecule has 3 aromatic carbocycles. The third-order valence-corrected chi connectivity index (χ3v) is 10.4. The molecule has 2 saturated heterocycles. The Morgan fingerprint density at radius 2 is 1.53 bits per heavy atom. The number of anilines is 1. The van der Waals surface area contributed by atoms with Crippen LogP contribution in [-0.2, 0) is 30.8 Å². The van der Waals surface area contributed by atoms with Crippen molar-refractivity contribution < 1.29 is 37.1 Å². The maximum Gasteiger partial charge on any atom is 0.427 e. The van der Waals surface area contributed by atoms with Gasteiger partial charge in [-0.05, 0) is 75.6 Å². The number of urea groups is 1. The second kappa shape index (κ2) is 16.8. The van der Waals surface area contributed by atoms with E-state index in [2.05, 4.69) is 16.1 Å². The molecule has 51 heavy (non-hydrogen) atoms. The molecule has 0 unspecified atom stereocenters. The van der Waals surface area contributed by atoms with Crippen LogP contribution < -0.4 is 20.8 Å². The summed E-state index contributed by atoms with van der Waals surface area (Å²) in [7, 11) is -3.94. The number of benzene rings is 3. The van der Waals surface area contributed by atoms with Gasteiger partial charge in [0.1, 0.15) is 17.8 Å². The zero-order chi connectivity index (χ0) is 36.5. The van der Waals surface area contributed by atoms with E-state index in [0.29, 0.717) is 50.3 Å². The molecule has 3 N–H and O–H groups in total. The zero-order valence-electron chi connectivity index (χ0n) is 28.9. The van der Waals surface area contributed by atoms with Crippen LogP contribution in [0.3, 0.4) is 0 Å². The van der Waals surface area contributed by atoms with Crippen LogP contribution in [0.2, 0.25) is 0 Å². The Hall–Kier alpha value is -4.99. The number of carbonyl (C=O) groups is 4. The molecule has 0 aromatic heterocycles. The summed E-state index contributed by atoms with van der Waals surface area (Å²) < 4.78 is 38.9. The molecule has 5 rings (SSSR count). The number of esters is 1. The highest BCUT2D eigenvalue weighted by atomic mass is 32.2. The van der Waals surface area contributed by atoms with Crippen LogP contribution in [0.4, 0.5) is 15.3 Å². The fourth-order valence-corrected chi connectivity index (χ4v) is 7.50. The van der Waals surface area contributed by atoms with Crippen LogP contribution in [0.25, 0.3) is 0 Å². The van der Waals surface area contributed by atoms with Gasteiger partial charge in [-0.15, -0.1) is 0 Å². The van der Waals surface area contributed by atoms with E-state index in [1.807, 2.05) is 37.3 Å². The highest BCUT2D eigenvalue weighted by Gasteiger charge is 2.40. The Labute approximate surface area is 298 Å². The summed E-state index contributed by atoms with van der Waals surface area (Å²) in [6, 6.07) is 19.8. The van der Waals surface area contributed by atoms with Gasteiger partial charge in [0.25, 0.3) is 0 Å². The minimum Gasteiger partial charge on any atom is -0.461 e. The van der Waals surface area contributed by atoms with Gasteiger partial charge in [-0.25, -0.2) is 27.8 Å². The van der Waals surface area contributed by atoms with Crippen molar-refractivity contribution in [2.45, 2.75) is 63.1 Å². The van der Waals surface area contributed by atoms with Gasteiger partial charge in [0, 0.05) is 44.8 Å². The van der Waals surface area contributed by atoms with E-state index in [-0.39, 0.29) is 29.6 Å². The smallest absolute Gasteiger partial charge is 0.427 e. The lowest BCUT2D eigenvalue weighted by atomic mass is 10.0. The molecule has 4 amide bonds. The van der Waals surface area contributed by atoms with Gasteiger partial charge in [0.2, 0.25) is 15.9 Å². The SMILES string of the molecule is Cc1ccc(S(=O)(=O)N2CCC[C@H]2C(=O)N[C@@H](Cc2ccc(OC(=O)NN3CCN(C(=O)Nc4ccccc4)CC3)cc2)C(=O)OC(C)C)cc1. The normalized spacial score (nSPS) is 17.4. The standard InChI is InChI=1S/C36H44N6O8S/c1-25(2)49-34(44)31(38-33(43)32-10-7-19-42(32)51(47,48)30-17-11-26(3)12-18-30)24-27-13-15-29(16-14-27)50-36(46)39-41-22-20-40(21-23-41)35(45)37-28-8-5-4-6-9-28/h4-6,8-9,11-18,25,31-32H,7,10,19-24H2,1-3H3,(H,37,45)(H,38,43)(H,39,46)/t31-,32-/m0/s1. The fourth-order valence-electron chi connectivity index (χ4n) is 5.84. The molecule has 0 aliphatic carbocycles. The van der Waals surface area contributed by atoms with Crippen molar-refractivity contribution in [1.29, 1.82) is 0 Å². The summed E-state index contributed by atoms with van der Waals surface area (Å²) in [5.74, 6) is -0.977. The minimum atomic E-state index is -3.94. The number of nitrogens with zero attached hydrogens (tertiary/aromatic N) is 3. The number of aryl methyl sites for hydroxylation is 1. The predicted molar refractivity (Wildman–Crippen MR) is 189 cm³/mol. The van der Waals surface area contributed by atoms with E-state index >= 15 is 0 Å². The summed E-state index contributed by atoms with van der Waals surface area (Å²) in [5.41, 5.74) is 4.96. The average Bonchev–Trinajstić information content (AvgIpc) is 3.61. The highest BCUT2D eigenvalue weighted by Crippen LogP contribution is 2.27. The first-order valence-electron chi connectivity index (χ1n) is 16.9. The topological polar surface area (TPSA) is 167 Å². The second-order valence-corrected chi connectivity index (χ2v) is 14.6. The number of hydrazine groups is 1. The number of para-hydroxylation sites is 1. The van der Waals surface area contributed by atoms with Crippen LogP contribution in [0.15, 0.2) is 83.8 Å². The highest BCUT2D eigenvalue weighted by molar-refractivity contribution is 7.89. The van der Waals surface area contributed by atoms with Crippen molar-refractivity contribution >= 4 is 39.7 Å². The number of nitrogens with one attached hydrogen (secondary N) is 3. The monoisotopic (exact) mass is 720 g/mol. The zero-order valence-corrected chi connectivity index (χ0v) is 29.7. The molecule has 0 radical (unpaired) electrons. The van der Waals surface area contributed by atoms with Crippen LogP contribution in [0.5, 0.6) is 5.75 Å². The molecule has 2 heterocycles. The lowest BCUT2D eigenvalue weighted by molar-refractivity contribution is -0.151. The van der Waals surface area contributed by atoms with Crippen molar-refractivity contribution in [2.75, 3.05) is 38.0 Å². The Bertz CT molecular complexity index is 1780. The summed E-state index contributed by atoms with van der Waals surface area (Å²) in [4.78, 5) is 53.6. The maximum atomic E-state index is 13.5. The second-order valence-electron chi connectivity index (χ2n) is 12.8. The number of ether oxygens (including phenoxy) is 2. The van der Waals surface area contributed by atoms with E-state index in [9.17, 15) is 27.6 Å². The molecular formula is C36H44N6O8S. The van der Waals surface area contributed by atoms with Crippen LogP contribution >= 0.6 is 0 Å². The van der Waals surface area contributed by atoms with Crippen LogP contribution in [0.1, 0.15) is 37.8 Å². The maximum absolute atomic E-state index is 13.5. The van der Waals surface area contributed by atoms with Gasteiger partial charge in [-0.3, -0.25) is 10.2 Å². The molecule has 0 spiro atoms. The Balaban J connectivity index is 1.14. The van der Waals surface area contributed by atoms with Gasteiger partial charge < -0.3 is 25.0 Å². The Morgan fingerprint density at radius 1 is 0.863 bits per heavy atom. The molecule has 2 aliphatic heterocycles. The predicted octanol–water partition coefficient (Wildman–Crippen LogP) is 3.68. The number of sulfonamides is 1. The van der Waals surface area contributed by atoms with E-state index in [0.717, 1.165) is 5.56 Å². The van der Waals surface area contributed by atoms with Crippen molar-refractivity contribution in [3.8, 4) is 5.75 Å². The third-order valence-electron chi connectivity index (χ3n) is 8.50. The molecule has 2 fully saturated rings. The van der Waals surface area contributed by atoms with Crippen LogP contribution in [-0.4, -0.2) is 97.5 Å². The van der Waals surface area contributed by atoms with Crippen molar-refractivity contribution in [3.63, 3.8) is 0 Å². The molecule has 2 aliphatic rings. The lowest BCUT2D eigenvalue weighted by Gasteiger charge is -2.34. The average molecular weight is 721 g/mol. The van der Waals surface area contributed by atoms with Gasteiger partial charge in [0.05, 0.1) is 11.0 Å². The van der Waals surface area contributed by atoms with Crippen LogP contribution in [0, 0.1) is 6.92 Å². The van der Waals surface area contributed by atoms with Crippen molar-refractivity contribution in [3.05, 3.63) is 90.0 Å². The summed E-state index contributed by atoms with van der Waals surface area (Å²) in [5, 5.41) is 7.27. The molecule has 2 atom stereocenters. The number of hydrogen-bond acceptors (Lipinski definition) is 9. The third kappa shape index (κ3) is 10.1. The molecule has 0 saturated carbocycles. The molecule has 272 valence electrons.